The van der Waals surface area contributed by atoms with Crippen molar-refractivity contribution in [1.82, 2.24) is 24.5 Å². The van der Waals surface area contributed by atoms with E-state index in [0.29, 0.717) is 40.6 Å². The molecule has 1 N–H and O–H groups in total. The maximum absolute atomic E-state index is 13.6. The van der Waals surface area contributed by atoms with Crippen LogP contribution in [0, 0.1) is 5.82 Å². The molecule has 1 aliphatic heterocycles. The molecule has 144 valence electrons. The standard InChI is InChI=1S/C20H14FN5O3/c21-11-5-6-16-22-15-7-8-25(10-14(15)19(28)26(16)9-11)20(29)17-12-3-1-2-4-13(12)18(27)24-23-17/h1-6,9H,7-8,10H2,(H,24,27). The molecule has 4 heterocycles. The van der Waals surface area contributed by atoms with Gasteiger partial charge >= 0.3 is 0 Å². The van der Waals surface area contributed by atoms with Gasteiger partial charge in [-0.05, 0) is 18.2 Å². The molecule has 0 radical (unpaired) electrons. The predicted molar refractivity (Wildman–Crippen MR) is 102 cm³/mol. The summed E-state index contributed by atoms with van der Waals surface area (Å²) in [5.41, 5.74) is 0.650. The third kappa shape index (κ3) is 2.70. The number of aromatic amines is 1. The van der Waals surface area contributed by atoms with E-state index in [2.05, 4.69) is 15.2 Å². The van der Waals surface area contributed by atoms with Crippen molar-refractivity contribution < 1.29 is 9.18 Å². The molecule has 1 aliphatic rings. The van der Waals surface area contributed by atoms with Crippen LogP contribution < -0.4 is 11.1 Å². The fraction of sp³-hybridized carbons (Fsp3) is 0.150. The van der Waals surface area contributed by atoms with Crippen molar-refractivity contribution in [3.8, 4) is 0 Å². The van der Waals surface area contributed by atoms with E-state index < -0.39 is 17.3 Å². The molecule has 0 fully saturated rings. The van der Waals surface area contributed by atoms with Crippen LogP contribution in [0.25, 0.3) is 16.4 Å². The Bertz CT molecular complexity index is 1430. The first-order valence-corrected chi connectivity index (χ1v) is 8.99. The first-order valence-electron chi connectivity index (χ1n) is 8.99. The van der Waals surface area contributed by atoms with Crippen LogP contribution in [-0.4, -0.2) is 36.9 Å². The van der Waals surface area contributed by atoms with Gasteiger partial charge in [0.15, 0.2) is 5.69 Å². The molecule has 5 rings (SSSR count). The van der Waals surface area contributed by atoms with E-state index >= 15 is 0 Å². The molecular formula is C20H14FN5O3. The minimum atomic E-state index is -0.547. The quantitative estimate of drug-likeness (QED) is 0.527. The largest absolute Gasteiger partial charge is 0.332 e. The van der Waals surface area contributed by atoms with Crippen LogP contribution in [0.2, 0.25) is 0 Å². The van der Waals surface area contributed by atoms with E-state index in [1.807, 2.05) is 0 Å². The molecule has 0 saturated carbocycles. The van der Waals surface area contributed by atoms with Gasteiger partial charge in [-0.1, -0.05) is 18.2 Å². The monoisotopic (exact) mass is 391 g/mol. The Morgan fingerprint density at radius 2 is 1.90 bits per heavy atom. The Balaban J connectivity index is 1.58. The molecule has 0 spiro atoms. The van der Waals surface area contributed by atoms with Crippen molar-refractivity contribution in [2.75, 3.05) is 6.54 Å². The van der Waals surface area contributed by atoms with Crippen molar-refractivity contribution in [3.05, 3.63) is 86.1 Å². The number of fused-ring (bicyclic) bond motifs is 3. The summed E-state index contributed by atoms with van der Waals surface area (Å²) in [7, 11) is 0. The minimum absolute atomic E-state index is 0.0363. The molecule has 1 amide bonds. The van der Waals surface area contributed by atoms with Crippen LogP contribution in [0.15, 0.2) is 52.2 Å². The molecule has 0 bridgehead atoms. The lowest BCUT2D eigenvalue weighted by molar-refractivity contribution is 0.0727. The number of nitrogens with zero attached hydrogens (tertiary/aromatic N) is 4. The number of amides is 1. The average Bonchev–Trinajstić information content (AvgIpc) is 2.74. The zero-order valence-electron chi connectivity index (χ0n) is 15.1. The van der Waals surface area contributed by atoms with Crippen LogP contribution >= 0.6 is 0 Å². The number of aromatic nitrogens is 4. The topological polar surface area (TPSA) is 100 Å². The van der Waals surface area contributed by atoms with Crippen molar-refractivity contribution >= 4 is 22.3 Å². The van der Waals surface area contributed by atoms with Crippen molar-refractivity contribution in [2.24, 2.45) is 0 Å². The van der Waals surface area contributed by atoms with Crippen LogP contribution in [0.4, 0.5) is 4.39 Å². The highest BCUT2D eigenvalue weighted by Gasteiger charge is 2.27. The first-order chi connectivity index (χ1) is 14.0. The fourth-order valence-electron chi connectivity index (χ4n) is 3.67. The number of H-pyrrole nitrogens is 1. The van der Waals surface area contributed by atoms with Crippen LogP contribution in [0.1, 0.15) is 21.7 Å². The zero-order valence-corrected chi connectivity index (χ0v) is 15.1. The SMILES string of the molecule is O=C(c1n[nH]c(=O)c2ccccc12)N1CCc2nc3ccc(F)cn3c(=O)c2C1. The van der Waals surface area contributed by atoms with Gasteiger partial charge in [-0.25, -0.2) is 14.5 Å². The van der Waals surface area contributed by atoms with Gasteiger partial charge in [0.25, 0.3) is 17.0 Å². The van der Waals surface area contributed by atoms with Crippen molar-refractivity contribution in [2.45, 2.75) is 13.0 Å². The normalized spacial score (nSPS) is 13.6. The number of carbonyl (C=O) groups excluding carboxylic acids is 1. The Kier molecular flexibility index (Phi) is 3.76. The second-order valence-electron chi connectivity index (χ2n) is 6.84. The van der Waals surface area contributed by atoms with Crippen LogP contribution in [-0.2, 0) is 13.0 Å². The molecule has 9 heteroatoms. The Hall–Kier alpha value is -3.88. The summed E-state index contributed by atoms with van der Waals surface area (Å²) in [6, 6.07) is 9.41. The van der Waals surface area contributed by atoms with Crippen LogP contribution in [0.5, 0.6) is 0 Å². The minimum Gasteiger partial charge on any atom is -0.332 e. The van der Waals surface area contributed by atoms with Crippen LogP contribution in [0.3, 0.4) is 0 Å². The second kappa shape index (κ2) is 6.33. The second-order valence-corrected chi connectivity index (χ2v) is 6.84. The number of hydrogen-bond acceptors (Lipinski definition) is 5. The summed E-state index contributed by atoms with van der Waals surface area (Å²) >= 11 is 0. The van der Waals surface area contributed by atoms with Gasteiger partial charge in [0.2, 0.25) is 0 Å². The average molecular weight is 391 g/mol. The summed E-state index contributed by atoms with van der Waals surface area (Å²) in [6.45, 7) is 0.388. The summed E-state index contributed by atoms with van der Waals surface area (Å²) in [5, 5.41) is 7.11. The third-order valence-corrected chi connectivity index (χ3v) is 5.12. The molecule has 8 nitrogen and oxygen atoms in total. The predicted octanol–water partition coefficient (Wildman–Crippen LogP) is 1.27. The van der Waals surface area contributed by atoms with Gasteiger partial charge < -0.3 is 4.90 Å². The van der Waals surface area contributed by atoms with Crippen molar-refractivity contribution in [1.29, 1.82) is 0 Å². The molecule has 0 atom stereocenters. The molecule has 0 unspecified atom stereocenters. The number of rotatable bonds is 1. The fourth-order valence-corrected chi connectivity index (χ4v) is 3.67. The third-order valence-electron chi connectivity index (χ3n) is 5.12. The van der Waals surface area contributed by atoms with Gasteiger partial charge in [0.05, 0.1) is 23.2 Å². The summed E-state index contributed by atoms with van der Waals surface area (Å²) in [6.07, 6.45) is 1.48. The highest BCUT2D eigenvalue weighted by molar-refractivity contribution is 6.04. The summed E-state index contributed by atoms with van der Waals surface area (Å²) < 4.78 is 14.7. The lowest BCUT2D eigenvalue weighted by atomic mass is 10.1. The smallest absolute Gasteiger partial charge is 0.275 e. The highest BCUT2D eigenvalue weighted by Crippen LogP contribution is 2.20. The number of halogens is 1. The van der Waals surface area contributed by atoms with E-state index in [9.17, 15) is 18.8 Å². The molecule has 0 saturated heterocycles. The van der Waals surface area contributed by atoms with E-state index in [1.54, 1.807) is 24.3 Å². The molecule has 3 aromatic heterocycles. The number of nitrogens with one attached hydrogen (secondary N) is 1. The first kappa shape index (κ1) is 17.2. The van der Waals surface area contributed by atoms with E-state index in [1.165, 1.54) is 17.0 Å². The molecule has 0 aliphatic carbocycles. The maximum atomic E-state index is 13.6. The zero-order chi connectivity index (χ0) is 20.1. The molecular weight excluding hydrogens is 377 g/mol. The molecule has 29 heavy (non-hydrogen) atoms. The van der Waals surface area contributed by atoms with Crippen molar-refractivity contribution in [3.63, 3.8) is 0 Å². The molecule has 1 aromatic carbocycles. The van der Waals surface area contributed by atoms with E-state index in [-0.39, 0.29) is 17.8 Å². The lowest BCUT2D eigenvalue weighted by Gasteiger charge is -2.28. The number of benzene rings is 1. The lowest BCUT2D eigenvalue weighted by Crippen LogP contribution is -2.40. The van der Waals surface area contributed by atoms with E-state index in [4.69, 9.17) is 0 Å². The summed E-state index contributed by atoms with van der Waals surface area (Å²) in [5.74, 6) is -0.944. The van der Waals surface area contributed by atoms with Gasteiger partial charge in [-0.3, -0.25) is 18.8 Å². The Morgan fingerprint density at radius 1 is 1.10 bits per heavy atom. The molecule has 4 aromatic rings. The Labute approximate surface area is 162 Å². The Morgan fingerprint density at radius 3 is 2.72 bits per heavy atom. The maximum Gasteiger partial charge on any atom is 0.275 e. The highest BCUT2D eigenvalue weighted by atomic mass is 19.1. The number of carbonyl (C=O) groups is 1. The van der Waals surface area contributed by atoms with Gasteiger partial charge in [0, 0.05) is 24.5 Å². The van der Waals surface area contributed by atoms with Gasteiger partial charge in [-0.2, -0.15) is 5.10 Å². The van der Waals surface area contributed by atoms with Gasteiger partial charge in [0.1, 0.15) is 11.5 Å². The summed E-state index contributed by atoms with van der Waals surface area (Å²) in [4.78, 5) is 43.9. The number of hydrogen-bond donors (Lipinski definition) is 1. The number of pyridine rings is 1. The van der Waals surface area contributed by atoms with E-state index in [0.717, 1.165) is 10.6 Å². The van der Waals surface area contributed by atoms with Gasteiger partial charge in [-0.15, -0.1) is 0 Å².